The lowest BCUT2D eigenvalue weighted by Gasteiger charge is -2.21. The second-order valence-electron chi connectivity index (χ2n) is 2.84. The molecule has 3 nitrogen and oxygen atoms in total. The number of hydrogen-bond acceptors (Lipinski definition) is 2. The molecule has 0 aliphatic heterocycles. The van der Waals surface area contributed by atoms with Crippen molar-refractivity contribution in [1.29, 1.82) is 0 Å². The third-order valence-corrected chi connectivity index (χ3v) is 2.64. The highest BCUT2D eigenvalue weighted by atomic mass is 32.2. The Labute approximate surface area is 74.5 Å². The highest BCUT2D eigenvalue weighted by Gasteiger charge is 2.36. The molecule has 0 saturated carbocycles. The highest BCUT2D eigenvalue weighted by molar-refractivity contribution is 7.90. The van der Waals surface area contributed by atoms with Crippen molar-refractivity contribution in [2.45, 2.75) is 12.8 Å². The van der Waals surface area contributed by atoms with E-state index in [1.807, 2.05) is 0 Å². The first-order valence-electron chi connectivity index (χ1n) is 3.50. The number of halogens is 2. The van der Waals surface area contributed by atoms with E-state index in [0.29, 0.717) is 0 Å². The van der Waals surface area contributed by atoms with Crippen LogP contribution >= 0.6 is 0 Å². The molecule has 0 aromatic heterocycles. The standard InChI is InChI=1S/C7H8F2O3S/c1-5-2-3-6(13(10,11)12)4-7(5,8)9/h2-5H,1H3,(H,10,11,12). The molecule has 0 aromatic rings. The van der Waals surface area contributed by atoms with Crippen LogP contribution in [0.4, 0.5) is 8.78 Å². The van der Waals surface area contributed by atoms with E-state index in [0.717, 1.165) is 12.2 Å². The van der Waals surface area contributed by atoms with Crippen LogP contribution < -0.4 is 0 Å². The van der Waals surface area contributed by atoms with Gasteiger partial charge in [0.2, 0.25) is 0 Å². The molecule has 1 N–H and O–H groups in total. The lowest BCUT2D eigenvalue weighted by atomic mass is 9.99. The molecule has 0 amide bonds. The van der Waals surface area contributed by atoms with E-state index in [1.54, 1.807) is 0 Å². The molecule has 0 fully saturated rings. The maximum Gasteiger partial charge on any atom is 0.294 e. The fraction of sp³-hybridized carbons (Fsp3) is 0.429. The minimum atomic E-state index is -4.53. The summed E-state index contributed by atoms with van der Waals surface area (Å²) in [7, 11) is -4.53. The smallest absolute Gasteiger partial charge is 0.282 e. The first-order valence-corrected chi connectivity index (χ1v) is 4.94. The van der Waals surface area contributed by atoms with Crippen molar-refractivity contribution in [3.63, 3.8) is 0 Å². The monoisotopic (exact) mass is 210 g/mol. The number of allylic oxidation sites excluding steroid dienone is 3. The molecule has 6 heteroatoms. The van der Waals surface area contributed by atoms with Crippen molar-refractivity contribution < 1.29 is 21.8 Å². The Morgan fingerprint density at radius 2 is 2.08 bits per heavy atom. The zero-order valence-corrected chi connectivity index (χ0v) is 7.55. The Hall–Kier alpha value is -0.750. The van der Waals surface area contributed by atoms with Crippen molar-refractivity contribution in [2.24, 2.45) is 5.92 Å². The van der Waals surface area contributed by atoms with Crippen molar-refractivity contribution in [1.82, 2.24) is 0 Å². The Bertz CT molecular complexity index is 367. The highest BCUT2D eigenvalue weighted by Crippen LogP contribution is 2.33. The van der Waals surface area contributed by atoms with Gasteiger partial charge in [-0.1, -0.05) is 13.0 Å². The Balaban J connectivity index is 3.14. The fourth-order valence-corrected chi connectivity index (χ4v) is 1.45. The van der Waals surface area contributed by atoms with Gasteiger partial charge in [0.1, 0.15) is 0 Å². The average Bonchev–Trinajstić information content (AvgIpc) is 1.92. The molecule has 1 rings (SSSR count). The van der Waals surface area contributed by atoms with E-state index < -0.39 is 26.9 Å². The minimum absolute atomic E-state index is 0.257. The van der Waals surface area contributed by atoms with Gasteiger partial charge in [-0.25, -0.2) is 8.78 Å². The van der Waals surface area contributed by atoms with Gasteiger partial charge in [0.05, 0.1) is 4.91 Å². The molecular formula is C7H8F2O3S. The Morgan fingerprint density at radius 3 is 2.46 bits per heavy atom. The van der Waals surface area contributed by atoms with Crippen LogP contribution in [0.5, 0.6) is 0 Å². The van der Waals surface area contributed by atoms with Gasteiger partial charge in [0.25, 0.3) is 16.0 Å². The summed E-state index contributed by atoms with van der Waals surface area (Å²) in [6, 6.07) is 0. The van der Waals surface area contributed by atoms with E-state index in [-0.39, 0.29) is 6.08 Å². The molecule has 1 aliphatic carbocycles. The largest absolute Gasteiger partial charge is 0.294 e. The second-order valence-corrected chi connectivity index (χ2v) is 4.27. The summed E-state index contributed by atoms with van der Waals surface area (Å²) in [6.45, 7) is 1.26. The molecule has 13 heavy (non-hydrogen) atoms. The van der Waals surface area contributed by atoms with Crippen LogP contribution in [-0.4, -0.2) is 18.9 Å². The van der Waals surface area contributed by atoms with Crippen LogP contribution in [0.2, 0.25) is 0 Å². The third-order valence-electron chi connectivity index (χ3n) is 1.79. The maximum absolute atomic E-state index is 12.9. The summed E-state index contributed by atoms with van der Waals surface area (Å²) < 4.78 is 55.2. The van der Waals surface area contributed by atoms with Crippen LogP contribution in [0.15, 0.2) is 23.1 Å². The van der Waals surface area contributed by atoms with Gasteiger partial charge in [-0.15, -0.1) is 0 Å². The lowest BCUT2D eigenvalue weighted by Crippen LogP contribution is -2.25. The zero-order valence-electron chi connectivity index (χ0n) is 6.74. The summed E-state index contributed by atoms with van der Waals surface area (Å²) in [5.41, 5.74) is 0. The van der Waals surface area contributed by atoms with Crippen molar-refractivity contribution >= 4 is 10.1 Å². The SMILES string of the molecule is CC1C=CC(S(=O)(=O)O)=CC1(F)F. The molecule has 1 unspecified atom stereocenters. The van der Waals surface area contributed by atoms with Gasteiger partial charge in [0, 0.05) is 12.0 Å². The molecule has 0 spiro atoms. The third kappa shape index (κ3) is 2.13. The van der Waals surface area contributed by atoms with Gasteiger partial charge < -0.3 is 0 Å². The molecule has 0 saturated heterocycles. The maximum atomic E-state index is 12.9. The molecule has 74 valence electrons. The zero-order chi connectivity index (χ0) is 10.3. The van der Waals surface area contributed by atoms with Crippen molar-refractivity contribution in [3.05, 3.63) is 23.1 Å². The molecule has 0 heterocycles. The van der Waals surface area contributed by atoms with E-state index in [1.165, 1.54) is 6.92 Å². The van der Waals surface area contributed by atoms with Crippen LogP contribution in [0.3, 0.4) is 0 Å². The summed E-state index contributed by atoms with van der Waals surface area (Å²) in [4.78, 5) is -0.754. The van der Waals surface area contributed by atoms with Gasteiger partial charge in [-0.2, -0.15) is 8.42 Å². The predicted molar refractivity (Wildman–Crippen MR) is 42.9 cm³/mol. The van der Waals surface area contributed by atoms with E-state index in [2.05, 4.69) is 0 Å². The topological polar surface area (TPSA) is 54.4 Å². The predicted octanol–water partition coefficient (Wildman–Crippen LogP) is 1.60. The number of hydrogen-bond donors (Lipinski definition) is 1. The summed E-state index contributed by atoms with van der Waals surface area (Å²) in [6.07, 6.45) is 2.27. The Morgan fingerprint density at radius 1 is 1.54 bits per heavy atom. The molecule has 0 radical (unpaired) electrons. The first kappa shape index (κ1) is 10.3. The van der Waals surface area contributed by atoms with Crippen LogP contribution in [0.1, 0.15) is 6.92 Å². The van der Waals surface area contributed by atoms with Crippen LogP contribution in [0, 0.1) is 5.92 Å². The molecule has 1 aliphatic rings. The Kier molecular flexibility index (Phi) is 2.29. The van der Waals surface area contributed by atoms with Crippen LogP contribution in [-0.2, 0) is 10.1 Å². The molecule has 0 bridgehead atoms. The summed E-state index contributed by atoms with van der Waals surface area (Å²) in [5, 5.41) is 0. The van der Waals surface area contributed by atoms with Crippen LogP contribution in [0.25, 0.3) is 0 Å². The van der Waals surface area contributed by atoms with Crippen molar-refractivity contribution in [3.8, 4) is 0 Å². The van der Waals surface area contributed by atoms with Gasteiger partial charge in [0.15, 0.2) is 0 Å². The van der Waals surface area contributed by atoms with E-state index >= 15 is 0 Å². The van der Waals surface area contributed by atoms with Gasteiger partial charge >= 0.3 is 0 Å². The fourth-order valence-electron chi connectivity index (χ4n) is 0.897. The summed E-state index contributed by atoms with van der Waals surface area (Å²) >= 11 is 0. The van der Waals surface area contributed by atoms with Gasteiger partial charge in [-0.3, -0.25) is 4.55 Å². The first-order chi connectivity index (χ1) is 5.73. The average molecular weight is 210 g/mol. The van der Waals surface area contributed by atoms with E-state index in [9.17, 15) is 17.2 Å². The lowest BCUT2D eigenvalue weighted by molar-refractivity contribution is 0.0159. The van der Waals surface area contributed by atoms with Crippen molar-refractivity contribution in [2.75, 3.05) is 0 Å². The number of rotatable bonds is 1. The molecular weight excluding hydrogens is 202 g/mol. The molecule has 1 atom stereocenters. The quantitative estimate of drug-likeness (QED) is 0.669. The second kappa shape index (κ2) is 2.88. The summed E-state index contributed by atoms with van der Waals surface area (Å²) in [5.74, 6) is -4.28. The van der Waals surface area contributed by atoms with Gasteiger partial charge in [-0.05, 0) is 6.08 Å². The van der Waals surface area contributed by atoms with E-state index in [4.69, 9.17) is 4.55 Å². The minimum Gasteiger partial charge on any atom is -0.282 e. The number of alkyl halides is 2. The molecule has 0 aromatic carbocycles. The normalized spacial score (nSPS) is 27.1.